The molecular weight excluding hydrogens is 358 g/mol. The summed E-state index contributed by atoms with van der Waals surface area (Å²) in [4.78, 5) is 6.68. The Bertz CT molecular complexity index is 345. The molecule has 0 radical (unpaired) electrons. The van der Waals surface area contributed by atoms with Gasteiger partial charge in [-0.3, -0.25) is 4.90 Å². The largest absolute Gasteiger partial charge is 0.392 e. The third kappa shape index (κ3) is 16.7. The average Bonchev–Trinajstić information content (AvgIpc) is 2.55. The Morgan fingerprint density at radius 2 is 0.821 bits per heavy atom. The smallest absolute Gasteiger partial charge is 0.0639 e. The molecule has 4 N–H and O–H groups in total. The molecule has 0 fully saturated rings. The van der Waals surface area contributed by atoms with Crippen LogP contribution in [0, 0.1) is 0 Å². The van der Waals surface area contributed by atoms with Crippen molar-refractivity contribution in [2.75, 3.05) is 58.9 Å². The van der Waals surface area contributed by atoms with Crippen LogP contribution in [0.4, 0.5) is 0 Å². The van der Waals surface area contributed by atoms with Gasteiger partial charge in [-0.25, -0.2) is 0 Å². The summed E-state index contributed by atoms with van der Waals surface area (Å²) in [5.41, 5.74) is 0. The van der Waals surface area contributed by atoms with Crippen molar-refractivity contribution in [3.05, 3.63) is 0 Å². The summed E-state index contributed by atoms with van der Waals surface area (Å²) in [6.07, 6.45) is 1.62. The highest BCUT2D eigenvalue weighted by molar-refractivity contribution is 4.68. The van der Waals surface area contributed by atoms with Crippen LogP contribution in [0.2, 0.25) is 0 Å². The lowest BCUT2D eigenvalue weighted by Gasteiger charge is -2.28. The van der Waals surface area contributed by atoms with Crippen LogP contribution in [0.5, 0.6) is 0 Å². The summed E-state index contributed by atoms with van der Waals surface area (Å²) in [5, 5.41) is 38.6. The van der Waals surface area contributed by atoms with Crippen LogP contribution < -0.4 is 0 Å². The van der Waals surface area contributed by atoms with E-state index in [1.165, 1.54) is 0 Å². The molecule has 0 rings (SSSR count). The maximum absolute atomic E-state index is 9.80. The third-order valence-electron chi connectivity index (χ3n) is 4.68. The van der Waals surface area contributed by atoms with E-state index in [9.17, 15) is 20.4 Å². The second-order valence-corrected chi connectivity index (χ2v) is 8.41. The molecule has 0 bridgehead atoms. The zero-order valence-electron chi connectivity index (χ0n) is 18.9. The van der Waals surface area contributed by atoms with E-state index in [1.54, 1.807) is 13.8 Å². The lowest BCUT2D eigenvalue weighted by atomic mass is 10.2. The van der Waals surface area contributed by atoms with Crippen LogP contribution in [0.1, 0.15) is 53.9 Å². The topological polar surface area (TPSA) is 90.6 Å². The number of hydrogen-bond donors (Lipinski definition) is 4. The molecule has 28 heavy (non-hydrogen) atoms. The van der Waals surface area contributed by atoms with Crippen molar-refractivity contribution >= 4 is 0 Å². The molecular formula is C21H47N3O4. The second-order valence-electron chi connectivity index (χ2n) is 8.41. The van der Waals surface area contributed by atoms with Gasteiger partial charge in [-0.05, 0) is 79.7 Å². The molecule has 0 spiro atoms. The van der Waals surface area contributed by atoms with Gasteiger partial charge in [0, 0.05) is 26.2 Å². The SMILES string of the molecule is CCN(CCCCN(CCCN(CC(C)O)CC(C)O)CC(C)O)CC(C)O. The summed E-state index contributed by atoms with van der Waals surface area (Å²) in [6, 6.07) is 0. The van der Waals surface area contributed by atoms with E-state index in [1.807, 2.05) is 13.8 Å². The normalized spacial score (nSPS) is 16.7. The molecule has 0 aromatic carbocycles. The van der Waals surface area contributed by atoms with Gasteiger partial charge in [-0.15, -0.1) is 0 Å². The van der Waals surface area contributed by atoms with Gasteiger partial charge in [0.05, 0.1) is 24.4 Å². The number of nitrogens with zero attached hydrogens (tertiary/aromatic N) is 3. The van der Waals surface area contributed by atoms with Crippen molar-refractivity contribution in [2.24, 2.45) is 0 Å². The van der Waals surface area contributed by atoms with E-state index >= 15 is 0 Å². The molecule has 0 saturated heterocycles. The van der Waals surface area contributed by atoms with Crippen LogP contribution in [-0.4, -0.2) is 118 Å². The molecule has 7 nitrogen and oxygen atoms in total. The molecule has 4 unspecified atom stereocenters. The standard InChI is InChI=1S/C21H47N3O4/c1-6-22(14-18(2)25)10-7-8-11-23(15-19(3)26)12-9-13-24(16-20(4)27)17-21(5)28/h18-21,25-28H,6-17H2,1-5H3. The summed E-state index contributed by atoms with van der Waals surface area (Å²) >= 11 is 0. The zero-order valence-corrected chi connectivity index (χ0v) is 18.9. The number of aliphatic hydroxyl groups is 4. The van der Waals surface area contributed by atoms with Crippen molar-refractivity contribution in [2.45, 2.75) is 78.3 Å². The Kier molecular flexibility index (Phi) is 16.3. The maximum Gasteiger partial charge on any atom is 0.0639 e. The second kappa shape index (κ2) is 16.5. The van der Waals surface area contributed by atoms with Gasteiger partial charge in [-0.2, -0.15) is 0 Å². The van der Waals surface area contributed by atoms with Crippen molar-refractivity contribution in [1.29, 1.82) is 0 Å². The van der Waals surface area contributed by atoms with E-state index in [2.05, 4.69) is 21.6 Å². The summed E-state index contributed by atoms with van der Waals surface area (Å²) in [6.45, 7) is 16.4. The van der Waals surface area contributed by atoms with Crippen LogP contribution in [0.25, 0.3) is 0 Å². The third-order valence-corrected chi connectivity index (χ3v) is 4.68. The minimum atomic E-state index is -0.407. The average molecular weight is 406 g/mol. The molecule has 0 aromatic heterocycles. The van der Waals surface area contributed by atoms with Crippen molar-refractivity contribution in [3.63, 3.8) is 0 Å². The summed E-state index contributed by atoms with van der Waals surface area (Å²) < 4.78 is 0. The van der Waals surface area contributed by atoms with Crippen LogP contribution in [0.15, 0.2) is 0 Å². The summed E-state index contributed by atoms with van der Waals surface area (Å²) in [5.74, 6) is 0. The number of hydrogen-bond acceptors (Lipinski definition) is 7. The Hall–Kier alpha value is -0.280. The molecule has 170 valence electrons. The van der Waals surface area contributed by atoms with E-state index < -0.39 is 12.2 Å². The predicted octanol–water partition coefficient (Wildman–Crippen LogP) is 0.606. The number of likely N-dealkylation sites (N-methyl/N-ethyl adjacent to an activating group) is 1. The summed E-state index contributed by atoms with van der Waals surface area (Å²) in [7, 11) is 0. The highest BCUT2D eigenvalue weighted by atomic mass is 16.3. The lowest BCUT2D eigenvalue weighted by Crippen LogP contribution is -2.39. The van der Waals surface area contributed by atoms with Crippen LogP contribution in [0.3, 0.4) is 0 Å². The Morgan fingerprint density at radius 1 is 0.500 bits per heavy atom. The number of rotatable bonds is 18. The van der Waals surface area contributed by atoms with Gasteiger partial charge >= 0.3 is 0 Å². The van der Waals surface area contributed by atoms with Crippen molar-refractivity contribution < 1.29 is 20.4 Å². The molecule has 0 aliphatic heterocycles. The molecule has 0 heterocycles. The van der Waals surface area contributed by atoms with Crippen LogP contribution in [-0.2, 0) is 0 Å². The first kappa shape index (κ1) is 27.7. The molecule has 0 aliphatic carbocycles. The fourth-order valence-corrected chi connectivity index (χ4v) is 3.61. The van der Waals surface area contributed by atoms with Gasteiger partial charge in [0.2, 0.25) is 0 Å². The van der Waals surface area contributed by atoms with Gasteiger partial charge < -0.3 is 30.2 Å². The fourth-order valence-electron chi connectivity index (χ4n) is 3.61. The highest BCUT2D eigenvalue weighted by Gasteiger charge is 2.13. The molecule has 7 heteroatoms. The Balaban J connectivity index is 4.31. The molecule has 0 amide bonds. The lowest BCUT2D eigenvalue weighted by molar-refractivity contribution is 0.0775. The van der Waals surface area contributed by atoms with Crippen molar-refractivity contribution in [1.82, 2.24) is 14.7 Å². The van der Waals surface area contributed by atoms with Gasteiger partial charge in [-0.1, -0.05) is 6.92 Å². The molecule has 0 aromatic rings. The maximum atomic E-state index is 9.80. The van der Waals surface area contributed by atoms with E-state index in [-0.39, 0.29) is 12.2 Å². The molecule has 4 atom stereocenters. The highest BCUT2D eigenvalue weighted by Crippen LogP contribution is 2.04. The minimum Gasteiger partial charge on any atom is -0.392 e. The van der Waals surface area contributed by atoms with E-state index in [0.717, 1.165) is 58.5 Å². The first-order chi connectivity index (χ1) is 13.1. The van der Waals surface area contributed by atoms with E-state index in [4.69, 9.17) is 0 Å². The zero-order chi connectivity index (χ0) is 21.5. The first-order valence-corrected chi connectivity index (χ1v) is 11.0. The van der Waals surface area contributed by atoms with Gasteiger partial charge in [0.15, 0.2) is 0 Å². The van der Waals surface area contributed by atoms with Crippen LogP contribution >= 0.6 is 0 Å². The van der Waals surface area contributed by atoms with Gasteiger partial charge in [0.1, 0.15) is 0 Å². The predicted molar refractivity (Wildman–Crippen MR) is 116 cm³/mol. The minimum absolute atomic E-state index is 0.294. The first-order valence-electron chi connectivity index (χ1n) is 11.0. The number of aliphatic hydroxyl groups excluding tert-OH is 4. The molecule has 0 aliphatic rings. The fraction of sp³-hybridized carbons (Fsp3) is 1.00. The molecule has 0 saturated carbocycles. The van der Waals surface area contributed by atoms with Crippen molar-refractivity contribution in [3.8, 4) is 0 Å². The Morgan fingerprint density at radius 3 is 1.25 bits per heavy atom. The monoisotopic (exact) mass is 405 g/mol. The Labute approximate surface area is 172 Å². The van der Waals surface area contributed by atoms with Gasteiger partial charge in [0.25, 0.3) is 0 Å². The quantitative estimate of drug-likeness (QED) is 0.248. The van der Waals surface area contributed by atoms with E-state index in [0.29, 0.717) is 19.6 Å². The number of unbranched alkanes of at least 4 members (excludes halogenated alkanes) is 1.